The predicted molar refractivity (Wildman–Crippen MR) is 86.6 cm³/mol. The van der Waals surface area contributed by atoms with Gasteiger partial charge < -0.3 is 15.8 Å². The quantitative estimate of drug-likeness (QED) is 0.429. The number of nitrogens with zero attached hydrogens (tertiary/aromatic N) is 2. The van der Waals surface area contributed by atoms with Crippen molar-refractivity contribution in [3.8, 4) is 0 Å². The second-order valence-corrected chi connectivity index (χ2v) is 5.04. The van der Waals surface area contributed by atoms with Crippen molar-refractivity contribution in [2.24, 2.45) is 16.6 Å². The van der Waals surface area contributed by atoms with Crippen molar-refractivity contribution >= 4 is 29.9 Å². The summed E-state index contributed by atoms with van der Waals surface area (Å²) in [6, 6.07) is 0.341. The number of hydrogen-bond donors (Lipinski definition) is 2. The van der Waals surface area contributed by atoms with Gasteiger partial charge in [0.05, 0.1) is 13.2 Å². The van der Waals surface area contributed by atoms with Crippen LogP contribution in [0.25, 0.3) is 0 Å². The number of nitrogens with two attached hydrogens (primary N) is 1. The molecular weight excluding hydrogens is 343 g/mol. The molecule has 18 heavy (non-hydrogen) atoms. The van der Waals surface area contributed by atoms with Crippen LogP contribution >= 0.6 is 24.0 Å². The lowest BCUT2D eigenvalue weighted by molar-refractivity contribution is 0.0323. The second-order valence-electron chi connectivity index (χ2n) is 5.04. The summed E-state index contributed by atoms with van der Waals surface area (Å²) in [7, 11) is 0. The zero-order valence-electron chi connectivity index (χ0n) is 11.7. The van der Waals surface area contributed by atoms with Crippen molar-refractivity contribution in [1.82, 2.24) is 10.2 Å². The van der Waals surface area contributed by atoms with Crippen molar-refractivity contribution in [3.63, 3.8) is 0 Å². The van der Waals surface area contributed by atoms with E-state index in [0.717, 1.165) is 39.4 Å². The minimum absolute atomic E-state index is 0. The van der Waals surface area contributed by atoms with Gasteiger partial charge in [-0.05, 0) is 19.8 Å². The Hall–Kier alpha value is -0.0800. The molecule has 0 aromatic carbocycles. The molecule has 1 fully saturated rings. The molecule has 1 unspecified atom stereocenters. The monoisotopic (exact) mass is 370 g/mol. The second kappa shape index (κ2) is 9.80. The molecule has 0 aromatic heterocycles. The Morgan fingerprint density at radius 3 is 2.50 bits per heavy atom. The lowest BCUT2D eigenvalue weighted by Gasteiger charge is -2.28. The number of guanidine groups is 1. The Balaban J connectivity index is 0.00000289. The van der Waals surface area contributed by atoms with Crippen LogP contribution in [0.5, 0.6) is 0 Å². The molecule has 1 aliphatic rings. The SMILES string of the molecule is CC(CN=C(N)NC(C)C)CN1CCOCC1.I. The molecule has 0 bridgehead atoms. The molecule has 108 valence electrons. The van der Waals surface area contributed by atoms with Crippen LogP contribution in [0.15, 0.2) is 4.99 Å². The molecule has 0 amide bonds. The Morgan fingerprint density at radius 2 is 1.94 bits per heavy atom. The van der Waals surface area contributed by atoms with Crippen molar-refractivity contribution in [2.45, 2.75) is 26.8 Å². The van der Waals surface area contributed by atoms with Crippen LogP contribution in [0.4, 0.5) is 0 Å². The average Bonchev–Trinajstić information content (AvgIpc) is 2.27. The van der Waals surface area contributed by atoms with E-state index < -0.39 is 0 Å². The summed E-state index contributed by atoms with van der Waals surface area (Å²) in [6.07, 6.45) is 0. The van der Waals surface area contributed by atoms with Crippen molar-refractivity contribution in [3.05, 3.63) is 0 Å². The largest absolute Gasteiger partial charge is 0.379 e. The first kappa shape index (κ1) is 17.9. The lowest BCUT2D eigenvalue weighted by Crippen LogP contribution is -2.40. The Bertz CT molecular complexity index is 242. The van der Waals surface area contributed by atoms with E-state index in [1.165, 1.54) is 0 Å². The van der Waals surface area contributed by atoms with Crippen LogP contribution in [0, 0.1) is 5.92 Å². The van der Waals surface area contributed by atoms with Crippen molar-refractivity contribution in [1.29, 1.82) is 0 Å². The Kier molecular flexibility index (Phi) is 9.76. The molecular formula is C12H27IN4O. The first-order valence-electron chi connectivity index (χ1n) is 6.44. The van der Waals surface area contributed by atoms with Gasteiger partial charge in [0.2, 0.25) is 0 Å². The topological polar surface area (TPSA) is 62.9 Å². The van der Waals surface area contributed by atoms with E-state index in [2.05, 4.69) is 36.0 Å². The maximum absolute atomic E-state index is 5.76. The number of morpholine rings is 1. The third kappa shape index (κ3) is 8.10. The van der Waals surface area contributed by atoms with Gasteiger partial charge in [-0.25, -0.2) is 0 Å². The van der Waals surface area contributed by atoms with E-state index in [1.807, 2.05) is 0 Å². The maximum Gasteiger partial charge on any atom is 0.188 e. The summed E-state index contributed by atoms with van der Waals surface area (Å²) < 4.78 is 5.32. The molecule has 0 aromatic rings. The average molecular weight is 370 g/mol. The highest BCUT2D eigenvalue weighted by Gasteiger charge is 2.13. The third-order valence-corrected chi connectivity index (χ3v) is 2.68. The smallest absolute Gasteiger partial charge is 0.188 e. The highest BCUT2D eigenvalue weighted by molar-refractivity contribution is 14.0. The van der Waals surface area contributed by atoms with Crippen molar-refractivity contribution in [2.75, 3.05) is 39.4 Å². The van der Waals surface area contributed by atoms with Gasteiger partial charge in [0.1, 0.15) is 0 Å². The molecule has 1 rings (SSSR count). The van der Waals surface area contributed by atoms with E-state index in [4.69, 9.17) is 10.5 Å². The maximum atomic E-state index is 5.76. The number of rotatable bonds is 5. The zero-order valence-corrected chi connectivity index (χ0v) is 14.0. The fraction of sp³-hybridized carbons (Fsp3) is 0.917. The molecule has 1 heterocycles. The summed E-state index contributed by atoms with van der Waals surface area (Å²) in [5.41, 5.74) is 5.76. The van der Waals surface area contributed by atoms with E-state index in [0.29, 0.717) is 17.9 Å². The first-order chi connectivity index (χ1) is 8.08. The molecule has 3 N–H and O–H groups in total. The molecule has 0 saturated carbocycles. The van der Waals surface area contributed by atoms with Gasteiger partial charge in [-0.3, -0.25) is 9.89 Å². The molecule has 5 nitrogen and oxygen atoms in total. The number of aliphatic imine (C=N–C) groups is 1. The summed E-state index contributed by atoms with van der Waals surface area (Å²) in [5.74, 6) is 1.08. The lowest BCUT2D eigenvalue weighted by atomic mass is 10.1. The van der Waals surface area contributed by atoms with Gasteiger partial charge in [-0.2, -0.15) is 0 Å². The van der Waals surface area contributed by atoms with Gasteiger partial charge in [0, 0.05) is 32.2 Å². The molecule has 1 aliphatic heterocycles. The van der Waals surface area contributed by atoms with E-state index in [1.54, 1.807) is 0 Å². The van der Waals surface area contributed by atoms with Crippen LogP contribution in [0.3, 0.4) is 0 Å². The predicted octanol–water partition coefficient (Wildman–Crippen LogP) is 0.885. The van der Waals surface area contributed by atoms with Crippen LogP contribution < -0.4 is 11.1 Å². The van der Waals surface area contributed by atoms with Gasteiger partial charge in [0.15, 0.2) is 5.96 Å². The minimum atomic E-state index is 0. The summed E-state index contributed by atoms with van der Waals surface area (Å²) in [6.45, 7) is 12.0. The van der Waals surface area contributed by atoms with Gasteiger partial charge >= 0.3 is 0 Å². The summed E-state index contributed by atoms with van der Waals surface area (Å²) in [5, 5.41) is 3.10. The molecule has 6 heteroatoms. The fourth-order valence-corrected chi connectivity index (χ4v) is 1.88. The highest BCUT2D eigenvalue weighted by atomic mass is 127. The number of hydrogen-bond acceptors (Lipinski definition) is 3. The fourth-order valence-electron chi connectivity index (χ4n) is 1.88. The van der Waals surface area contributed by atoms with Gasteiger partial charge in [-0.1, -0.05) is 6.92 Å². The van der Waals surface area contributed by atoms with Gasteiger partial charge in [-0.15, -0.1) is 24.0 Å². The number of nitrogens with one attached hydrogen (secondary N) is 1. The molecule has 0 aliphatic carbocycles. The Morgan fingerprint density at radius 1 is 1.33 bits per heavy atom. The van der Waals surface area contributed by atoms with Gasteiger partial charge in [0.25, 0.3) is 0 Å². The highest BCUT2D eigenvalue weighted by Crippen LogP contribution is 2.03. The van der Waals surface area contributed by atoms with E-state index in [9.17, 15) is 0 Å². The summed E-state index contributed by atoms with van der Waals surface area (Å²) in [4.78, 5) is 6.78. The zero-order chi connectivity index (χ0) is 12.7. The molecule has 0 spiro atoms. The molecule has 0 radical (unpaired) electrons. The number of ether oxygens (including phenoxy) is 1. The van der Waals surface area contributed by atoms with Crippen LogP contribution in [-0.4, -0.2) is 56.3 Å². The Labute approximate surface area is 128 Å². The molecule has 1 atom stereocenters. The van der Waals surface area contributed by atoms with Crippen LogP contribution in [0.1, 0.15) is 20.8 Å². The van der Waals surface area contributed by atoms with E-state index in [-0.39, 0.29) is 24.0 Å². The third-order valence-electron chi connectivity index (χ3n) is 2.68. The molecule has 1 saturated heterocycles. The normalized spacial score (nSPS) is 19.4. The van der Waals surface area contributed by atoms with E-state index >= 15 is 0 Å². The first-order valence-corrected chi connectivity index (χ1v) is 6.44. The standard InChI is InChI=1S/C12H26N4O.HI/c1-10(2)15-12(13)14-8-11(3)9-16-4-6-17-7-5-16;/h10-11H,4-9H2,1-3H3,(H3,13,14,15);1H. The minimum Gasteiger partial charge on any atom is -0.379 e. The van der Waals surface area contributed by atoms with Crippen LogP contribution in [0.2, 0.25) is 0 Å². The summed E-state index contributed by atoms with van der Waals surface area (Å²) >= 11 is 0. The van der Waals surface area contributed by atoms with Crippen LogP contribution in [-0.2, 0) is 4.74 Å². The van der Waals surface area contributed by atoms with Crippen molar-refractivity contribution < 1.29 is 4.74 Å². The number of halogens is 1.